The van der Waals surface area contributed by atoms with E-state index in [0.29, 0.717) is 0 Å². The minimum Gasteiger partial charge on any atom is -0.368 e. The molecule has 2 rings (SSSR count). The van der Waals surface area contributed by atoms with Gasteiger partial charge < -0.3 is 5.32 Å². The Morgan fingerprint density at radius 3 is 3.00 bits per heavy atom. The van der Waals surface area contributed by atoms with Crippen molar-refractivity contribution in [3.05, 3.63) is 18.3 Å². The molecule has 1 aromatic rings. The summed E-state index contributed by atoms with van der Waals surface area (Å²) in [5.74, 6) is 4.34. The highest BCUT2D eigenvalue weighted by atomic mass is 32.2. The van der Waals surface area contributed by atoms with Crippen LogP contribution in [0.25, 0.3) is 0 Å². The molecule has 1 aliphatic heterocycles. The van der Waals surface area contributed by atoms with Crippen LogP contribution in [0.3, 0.4) is 0 Å². The highest BCUT2D eigenvalue weighted by Gasteiger charge is 2.13. The van der Waals surface area contributed by atoms with Crippen LogP contribution >= 0.6 is 11.8 Å². The molecule has 76 valence electrons. The zero-order valence-corrected chi connectivity index (χ0v) is 8.96. The standard InChI is InChI=1S/C10H15N3S/c1-2-10(13-12-5-1)11-8-9-3-6-14-7-4-9/h1-2,5,9H,3-4,6-8H2,(H,11,13). The van der Waals surface area contributed by atoms with Crippen LogP contribution in [0.2, 0.25) is 0 Å². The molecule has 14 heavy (non-hydrogen) atoms. The van der Waals surface area contributed by atoms with Crippen molar-refractivity contribution in [2.24, 2.45) is 5.92 Å². The van der Waals surface area contributed by atoms with Gasteiger partial charge in [-0.05, 0) is 42.4 Å². The summed E-state index contributed by atoms with van der Waals surface area (Å²) in [5, 5.41) is 11.2. The molecule has 3 nitrogen and oxygen atoms in total. The molecule has 0 saturated carbocycles. The summed E-state index contributed by atoms with van der Waals surface area (Å²) in [5.41, 5.74) is 0. The normalized spacial score (nSPS) is 18.0. The Hall–Kier alpha value is -0.770. The number of nitrogens with one attached hydrogen (secondary N) is 1. The van der Waals surface area contributed by atoms with Gasteiger partial charge in [-0.2, -0.15) is 16.9 Å². The Kier molecular flexibility index (Phi) is 3.63. The van der Waals surface area contributed by atoms with Crippen molar-refractivity contribution in [2.75, 3.05) is 23.4 Å². The SMILES string of the molecule is c1cnnc(NCC2CCSCC2)c1. The fourth-order valence-corrected chi connectivity index (χ4v) is 2.80. The number of aromatic nitrogens is 2. The highest BCUT2D eigenvalue weighted by Crippen LogP contribution is 2.22. The van der Waals surface area contributed by atoms with Crippen molar-refractivity contribution in [3.8, 4) is 0 Å². The molecular formula is C10H15N3S. The van der Waals surface area contributed by atoms with Crippen molar-refractivity contribution < 1.29 is 0 Å². The van der Waals surface area contributed by atoms with Gasteiger partial charge in [-0.3, -0.25) is 0 Å². The number of nitrogens with zero attached hydrogens (tertiary/aromatic N) is 2. The van der Waals surface area contributed by atoms with Gasteiger partial charge in [0.05, 0.1) is 0 Å². The van der Waals surface area contributed by atoms with E-state index in [9.17, 15) is 0 Å². The maximum atomic E-state index is 4.00. The fourth-order valence-electron chi connectivity index (χ4n) is 1.60. The zero-order chi connectivity index (χ0) is 9.64. The van der Waals surface area contributed by atoms with E-state index >= 15 is 0 Å². The number of hydrogen-bond donors (Lipinski definition) is 1. The Labute approximate surface area is 88.7 Å². The van der Waals surface area contributed by atoms with Crippen molar-refractivity contribution >= 4 is 17.6 Å². The van der Waals surface area contributed by atoms with Gasteiger partial charge in [-0.25, -0.2) is 0 Å². The van der Waals surface area contributed by atoms with Crippen molar-refractivity contribution in [1.82, 2.24) is 10.2 Å². The maximum absolute atomic E-state index is 4.00. The van der Waals surface area contributed by atoms with Crippen LogP contribution in [0.15, 0.2) is 18.3 Å². The summed E-state index contributed by atoms with van der Waals surface area (Å²) in [6, 6.07) is 3.87. The first-order valence-electron chi connectivity index (χ1n) is 5.04. The summed E-state index contributed by atoms with van der Waals surface area (Å²) in [7, 11) is 0. The molecule has 0 aromatic carbocycles. The zero-order valence-electron chi connectivity index (χ0n) is 8.15. The van der Waals surface area contributed by atoms with Crippen molar-refractivity contribution in [1.29, 1.82) is 0 Å². The monoisotopic (exact) mass is 209 g/mol. The second-order valence-electron chi connectivity index (χ2n) is 3.55. The molecule has 0 bridgehead atoms. The van der Waals surface area contributed by atoms with Gasteiger partial charge in [0.2, 0.25) is 0 Å². The molecule has 0 atom stereocenters. The molecule has 0 unspecified atom stereocenters. The van der Waals surface area contributed by atoms with Crippen molar-refractivity contribution in [2.45, 2.75) is 12.8 Å². The van der Waals surface area contributed by atoms with Crippen LogP contribution in [0.5, 0.6) is 0 Å². The van der Waals surface area contributed by atoms with Gasteiger partial charge >= 0.3 is 0 Å². The van der Waals surface area contributed by atoms with Gasteiger partial charge in [-0.1, -0.05) is 0 Å². The van der Waals surface area contributed by atoms with Gasteiger partial charge in [-0.15, -0.1) is 5.10 Å². The molecule has 0 radical (unpaired) electrons. The minimum absolute atomic E-state index is 0.818. The Bertz CT molecular complexity index is 259. The van der Waals surface area contributed by atoms with Gasteiger partial charge in [0.1, 0.15) is 5.82 Å². The van der Waals surface area contributed by atoms with E-state index in [0.717, 1.165) is 18.3 Å². The predicted molar refractivity (Wildman–Crippen MR) is 60.6 cm³/mol. The van der Waals surface area contributed by atoms with Crippen LogP contribution in [-0.2, 0) is 0 Å². The van der Waals surface area contributed by atoms with E-state index in [4.69, 9.17) is 0 Å². The van der Waals surface area contributed by atoms with Crippen LogP contribution in [-0.4, -0.2) is 28.2 Å². The van der Waals surface area contributed by atoms with Gasteiger partial charge in [0, 0.05) is 12.7 Å². The summed E-state index contributed by atoms with van der Waals surface area (Å²) in [6.45, 7) is 1.04. The summed E-state index contributed by atoms with van der Waals surface area (Å²) >= 11 is 2.06. The molecule has 0 aliphatic carbocycles. The third kappa shape index (κ3) is 2.87. The third-order valence-corrected chi connectivity index (χ3v) is 3.53. The maximum Gasteiger partial charge on any atom is 0.148 e. The molecule has 0 amide bonds. The molecule has 4 heteroatoms. The second-order valence-corrected chi connectivity index (χ2v) is 4.77. The van der Waals surface area contributed by atoms with Crippen LogP contribution in [0.4, 0.5) is 5.82 Å². The van der Waals surface area contributed by atoms with E-state index in [-0.39, 0.29) is 0 Å². The van der Waals surface area contributed by atoms with Crippen LogP contribution < -0.4 is 5.32 Å². The van der Waals surface area contributed by atoms with E-state index in [2.05, 4.69) is 27.3 Å². The van der Waals surface area contributed by atoms with E-state index < -0.39 is 0 Å². The largest absolute Gasteiger partial charge is 0.368 e. The average Bonchev–Trinajstić information content (AvgIpc) is 2.29. The third-order valence-electron chi connectivity index (χ3n) is 2.49. The lowest BCUT2D eigenvalue weighted by atomic mass is 10.0. The highest BCUT2D eigenvalue weighted by molar-refractivity contribution is 7.99. The predicted octanol–water partition coefficient (Wildman–Crippen LogP) is 2.03. The molecule has 2 heterocycles. The second kappa shape index (κ2) is 5.20. The van der Waals surface area contributed by atoms with E-state index in [1.165, 1.54) is 24.3 Å². The topological polar surface area (TPSA) is 37.8 Å². The lowest BCUT2D eigenvalue weighted by Crippen LogP contribution is -2.19. The fraction of sp³-hybridized carbons (Fsp3) is 0.600. The lowest BCUT2D eigenvalue weighted by molar-refractivity contribution is 0.515. The number of anilines is 1. The smallest absolute Gasteiger partial charge is 0.148 e. The first kappa shape index (κ1) is 9.77. The molecule has 1 saturated heterocycles. The first-order valence-corrected chi connectivity index (χ1v) is 6.20. The van der Waals surface area contributed by atoms with E-state index in [1.807, 2.05) is 12.1 Å². The first-order chi connectivity index (χ1) is 6.95. The van der Waals surface area contributed by atoms with Crippen LogP contribution in [0.1, 0.15) is 12.8 Å². The minimum atomic E-state index is 0.818. The number of rotatable bonds is 3. The summed E-state index contributed by atoms with van der Waals surface area (Å²) in [4.78, 5) is 0. The molecule has 1 aromatic heterocycles. The average molecular weight is 209 g/mol. The summed E-state index contributed by atoms with van der Waals surface area (Å²) < 4.78 is 0. The number of thioether (sulfide) groups is 1. The Balaban J connectivity index is 1.76. The lowest BCUT2D eigenvalue weighted by Gasteiger charge is -2.21. The molecule has 1 fully saturated rings. The molecular weight excluding hydrogens is 194 g/mol. The quantitative estimate of drug-likeness (QED) is 0.826. The van der Waals surface area contributed by atoms with Gasteiger partial charge in [0.25, 0.3) is 0 Å². The van der Waals surface area contributed by atoms with Crippen molar-refractivity contribution in [3.63, 3.8) is 0 Å². The van der Waals surface area contributed by atoms with Crippen LogP contribution in [0, 0.1) is 5.92 Å². The van der Waals surface area contributed by atoms with Gasteiger partial charge in [0.15, 0.2) is 0 Å². The number of hydrogen-bond acceptors (Lipinski definition) is 4. The molecule has 1 aliphatic rings. The summed E-state index contributed by atoms with van der Waals surface area (Å²) in [6.07, 6.45) is 4.36. The Morgan fingerprint density at radius 1 is 1.43 bits per heavy atom. The van der Waals surface area contributed by atoms with E-state index in [1.54, 1.807) is 6.20 Å². The molecule has 0 spiro atoms. The Morgan fingerprint density at radius 2 is 2.29 bits per heavy atom. The molecule has 1 N–H and O–H groups in total.